The summed E-state index contributed by atoms with van der Waals surface area (Å²) in [6.07, 6.45) is 1.68. The van der Waals surface area contributed by atoms with E-state index in [1.807, 2.05) is 24.3 Å². The van der Waals surface area contributed by atoms with Crippen LogP contribution in [-0.2, 0) is 6.54 Å². The Hall–Kier alpha value is -3.25. The molecule has 0 spiro atoms. The highest BCUT2D eigenvalue weighted by Crippen LogP contribution is 2.25. The summed E-state index contributed by atoms with van der Waals surface area (Å²) in [5, 5.41) is 8.40. The molecule has 0 radical (unpaired) electrons. The molecule has 1 N–H and O–H groups in total. The van der Waals surface area contributed by atoms with E-state index in [4.69, 9.17) is 11.6 Å². The van der Waals surface area contributed by atoms with Gasteiger partial charge in [0.1, 0.15) is 11.0 Å². The second kappa shape index (κ2) is 7.40. The Bertz CT molecular complexity index is 1170. The number of carbonyl (C=O) groups excluding carboxylic acids is 1. The van der Waals surface area contributed by atoms with Crippen LogP contribution >= 0.6 is 11.6 Å². The van der Waals surface area contributed by atoms with E-state index in [0.717, 1.165) is 10.9 Å². The van der Waals surface area contributed by atoms with E-state index in [0.29, 0.717) is 29.0 Å². The summed E-state index contributed by atoms with van der Waals surface area (Å²) in [6.45, 7) is 2.06. The Morgan fingerprint density at radius 1 is 1.14 bits per heavy atom. The molecule has 0 fully saturated rings. The molecular weight excluding hydrogens is 379 g/mol. The number of fused-ring (bicyclic) bond motifs is 1. The standard InChI is InChI=1S/C21H16ClFN4O/c1-13-18(20(22)27(26-13)12-14-7-9-16(23)10-8-14)21(28)25-17-6-2-4-15-5-3-11-24-19(15)17/h2-11H,12H2,1H3,(H,25,28). The first-order valence-corrected chi connectivity index (χ1v) is 9.03. The Kier molecular flexibility index (Phi) is 4.79. The van der Waals surface area contributed by atoms with Gasteiger partial charge in [-0.25, -0.2) is 9.07 Å². The molecule has 0 unspecified atom stereocenters. The summed E-state index contributed by atoms with van der Waals surface area (Å²) in [5.74, 6) is -0.665. The Morgan fingerprint density at radius 2 is 1.89 bits per heavy atom. The van der Waals surface area contributed by atoms with Crippen molar-refractivity contribution < 1.29 is 9.18 Å². The smallest absolute Gasteiger partial charge is 0.260 e. The summed E-state index contributed by atoms with van der Waals surface area (Å²) >= 11 is 6.44. The first-order valence-electron chi connectivity index (χ1n) is 8.65. The van der Waals surface area contributed by atoms with E-state index in [2.05, 4.69) is 15.4 Å². The number of nitrogens with one attached hydrogen (secondary N) is 1. The lowest BCUT2D eigenvalue weighted by atomic mass is 10.1. The average molecular weight is 395 g/mol. The van der Waals surface area contributed by atoms with Gasteiger partial charge in [0, 0.05) is 11.6 Å². The van der Waals surface area contributed by atoms with Gasteiger partial charge in [-0.3, -0.25) is 9.78 Å². The summed E-state index contributed by atoms with van der Waals surface area (Å²) in [4.78, 5) is 17.2. The lowest BCUT2D eigenvalue weighted by Crippen LogP contribution is -2.13. The van der Waals surface area contributed by atoms with Gasteiger partial charge in [-0.2, -0.15) is 5.10 Å². The van der Waals surface area contributed by atoms with Crippen molar-refractivity contribution in [2.75, 3.05) is 5.32 Å². The Morgan fingerprint density at radius 3 is 2.68 bits per heavy atom. The molecule has 0 saturated carbocycles. The van der Waals surface area contributed by atoms with E-state index in [-0.39, 0.29) is 16.9 Å². The van der Waals surface area contributed by atoms with Crippen molar-refractivity contribution in [2.45, 2.75) is 13.5 Å². The van der Waals surface area contributed by atoms with Crippen LogP contribution in [0.5, 0.6) is 0 Å². The fraction of sp³-hybridized carbons (Fsp3) is 0.0952. The van der Waals surface area contributed by atoms with Crippen molar-refractivity contribution in [1.82, 2.24) is 14.8 Å². The van der Waals surface area contributed by atoms with Gasteiger partial charge in [-0.1, -0.05) is 41.9 Å². The van der Waals surface area contributed by atoms with E-state index >= 15 is 0 Å². The minimum atomic E-state index is -0.356. The first kappa shape index (κ1) is 18.1. The molecule has 5 nitrogen and oxygen atoms in total. The van der Waals surface area contributed by atoms with Crippen molar-refractivity contribution in [3.63, 3.8) is 0 Å². The van der Waals surface area contributed by atoms with E-state index < -0.39 is 0 Å². The molecule has 0 aliphatic rings. The number of pyridine rings is 1. The van der Waals surface area contributed by atoms with Crippen LogP contribution < -0.4 is 5.32 Å². The molecule has 0 bridgehead atoms. The van der Waals surface area contributed by atoms with Gasteiger partial charge >= 0.3 is 0 Å². The number of hydrogen-bond donors (Lipinski definition) is 1. The quantitative estimate of drug-likeness (QED) is 0.539. The van der Waals surface area contributed by atoms with Crippen LogP contribution in [0.1, 0.15) is 21.6 Å². The van der Waals surface area contributed by atoms with E-state index in [1.54, 1.807) is 31.3 Å². The normalized spacial score (nSPS) is 11.0. The van der Waals surface area contributed by atoms with Gasteiger partial charge in [0.25, 0.3) is 5.91 Å². The molecule has 0 aliphatic carbocycles. The number of nitrogens with zero attached hydrogens (tertiary/aromatic N) is 3. The van der Waals surface area contributed by atoms with Crippen molar-refractivity contribution in [2.24, 2.45) is 0 Å². The van der Waals surface area contributed by atoms with Crippen LogP contribution in [0.2, 0.25) is 5.15 Å². The third kappa shape index (κ3) is 3.46. The molecule has 28 heavy (non-hydrogen) atoms. The average Bonchev–Trinajstić information content (AvgIpc) is 2.97. The Labute approximate surface area is 165 Å². The second-order valence-corrected chi connectivity index (χ2v) is 6.73. The highest BCUT2D eigenvalue weighted by molar-refractivity contribution is 6.33. The number of rotatable bonds is 4. The van der Waals surface area contributed by atoms with E-state index in [9.17, 15) is 9.18 Å². The number of para-hydroxylation sites is 1. The van der Waals surface area contributed by atoms with Gasteiger partial charge in [0.15, 0.2) is 0 Å². The van der Waals surface area contributed by atoms with Gasteiger partial charge in [0.2, 0.25) is 0 Å². The van der Waals surface area contributed by atoms with Crippen LogP contribution in [0, 0.1) is 12.7 Å². The van der Waals surface area contributed by atoms with Crippen molar-refractivity contribution >= 4 is 34.1 Å². The number of hydrogen-bond acceptors (Lipinski definition) is 3. The highest BCUT2D eigenvalue weighted by Gasteiger charge is 2.21. The van der Waals surface area contributed by atoms with Crippen LogP contribution in [0.4, 0.5) is 10.1 Å². The van der Waals surface area contributed by atoms with Gasteiger partial charge in [0.05, 0.1) is 29.0 Å². The lowest BCUT2D eigenvalue weighted by Gasteiger charge is -2.08. The molecule has 1 amide bonds. The van der Waals surface area contributed by atoms with Crippen LogP contribution in [0.15, 0.2) is 60.8 Å². The fourth-order valence-corrected chi connectivity index (χ4v) is 3.39. The highest BCUT2D eigenvalue weighted by atomic mass is 35.5. The maximum absolute atomic E-state index is 13.1. The summed E-state index contributed by atoms with van der Waals surface area (Å²) < 4.78 is 14.6. The minimum Gasteiger partial charge on any atom is -0.320 e. The summed E-state index contributed by atoms with van der Waals surface area (Å²) in [6, 6.07) is 15.4. The lowest BCUT2D eigenvalue weighted by molar-refractivity contribution is 0.102. The zero-order valence-electron chi connectivity index (χ0n) is 15.0. The topological polar surface area (TPSA) is 59.8 Å². The molecule has 7 heteroatoms. The number of aryl methyl sites for hydroxylation is 1. The predicted molar refractivity (Wildman–Crippen MR) is 107 cm³/mol. The minimum absolute atomic E-state index is 0.229. The van der Waals surface area contributed by atoms with Crippen molar-refractivity contribution in [3.8, 4) is 0 Å². The molecule has 0 atom stereocenters. The number of amides is 1. The molecule has 4 rings (SSSR count). The summed E-state index contributed by atoms with van der Waals surface area (Å²) in [5.41, 5.74) is 2.95. The Balaban J connectivity index is 1.62. The van der Waals surface area contributed by atoms with Gasteiger partial charge in [-0.05, 0) is 36.8 Å². The third-order valence-electron chi connectivity index (χ3n) is 4.42. The third-order valence-corrected chi connectivity index (χ3v) is 4.80. The van der Waals surface area contributed by atoms with Crippen molar-refractivity contribution in [1.29, 1.82) is 0 Å². The molecule has 140 valence electrons. The predicted octanol–water partition coefficient (Wildman–Crippen LogP) is 4.83. The number of aromatic nitrogens is 3. The van der Waals surface area contributed by atoms with Crippen molar-refractivity contribution in [3.05, 3.63) is 88.6 Å². The molecule has 0 aliphatic heterocycles. The molecule has 4 aromatic rings. The second-order valence-electron chi connectivity index (χ2n) is 6.37. The maximum atomic E-state index is 13.1. The molecule has 2 aromatic carbocycles. The SMILES string of the molecule is Cc1nn(Cc2ccc(F)cc2)c(Cl)c1C(=O)Nc1cccc2cccnc12. The molecule has 2 aromatic heterocycles. The molecule has 2 heterocycles. The number of halogens is 2. The molecule has 0 saturated heterocycles. The van der Waals surface area contributed by atoms with E-state index in [1.165, 1.54) is 16.8 Å². The largest absolute Gasteiger partial charge is 0.320 e. The summed E-state index contributed by atoms with van der Waals surface area (Å²) in [7, 11) is 0. The van der Waals surface area contributed by atoms with Crippen LogP contribution in [-0.4, -0.2) is 20.7 Å². The maximum Gasteiger partial charge on any atom is 0.260 e. The zero-order valence-corrected chi connectivity index (χ0v) is 15.7. The number of anilines is 1. The van der Waals surface area contributed by atoms with Gasteiger partial charge in [-0.15, -0.1) is 0 Å². The van der Waals surface area contributed by atoms with Gasteiger partial charge < -0.3 is 5.32 Å². The monoisotopic (exact) mass is 394 g/mol. The number of benzene rings is 2. The van der Waals surface area contributed by atoms with Crippen LogP contribution in [0.3, 0.4) is 0 Å². The first-order chi connectivity index (χ1) is 13.5. The zero-order chi connectivity index (χ0) is 19.7. The molecular formula is C21H16ClFN4O. The fourth-order valence-electron chi connectivity index (χ4n) is 3.07. The van der Waals surface area contributed by atoms with Crippen LogP contribution in [0.25, 0.3) is 10.9 Å². The number of carbonyl (C=O) groups is 1.